The molecule has 1 aliphatic heterocycles. The number of carbonyl (C=O) groups excluding carboxylic acids is 1. The van der Waals surface area contributed by atoms with Crippen molar-refractivity contribution in [2.75, 3.05) is 34.3 Å². The van der Waals surface area contributed by atoms with E-state index in [0.29, 0.717) is 17.9 Å². The van der Waals surface area contributed by atoms with Gasteiger partial charge in [-0.15, -0.1) is 0 Å². The van der Waals surface area contributed by atoms with Crippen LogP contribution < -0.4 is 4.74 Å². The number of methoxy groups -OCH3 is 1. The summed E-state index contributed by atoms with van der Waals surface area (Å²) in [5.41, 5.74) is 2.83. The Balaban J connectivity index is 1.78. The van der Waals surface area contributed by atoms with E-state index in [0.717, 1.165) is 35.5 Å². The van der Waals surface area contributed by atoms with Crippen LogP contribution in [0, 0.1) is 11.8 Å². The lowest BCUT2D eigenvalue weighted by Gasteiger charge is -2.27. The largest absolute Gasteiger partial charge is 0.496 e. The van der Waals surface area contributed by atoms with Crippen LogP contribution in [-0.2, 0) is 0 Å². The van der Waals surface area contributed by atoms with E-state index < -0.39 is 0 Å². The Kier molecular flexibility index (Phi) is 5.85. The van der Waals surface area contributed by atoms with Crippen molar-refractivity contribution in [1.82, 2.24) is 9.80 Å². The minimum absolute atomic E-state index is 0.122. The molecule has 1 amide bonds. The van der Waals surface area contributed by atoms with Gasteiger partial charge in [-0.25, -0.2) is 0 Å². The van der Waals surface area contributed by atoms with Crippen LogP contribution in [0.3, 0.4) is 0 Å². The standard InChI is InChI=1S/C23H30N2O2/c1-16(2)20-14-25(15-21(20)24(3)4)23(26)18-12-10-17(11-13-18)19-8-6-7-9-22(19)27-5/h6-13,16,20-21H,14-15H2,1-5H3. The molecule has 0 N–H and O–H groups in total. The second kappa shape index (κ2) is 8.13. The molecule has 2 atom stereocenters. The summed E-state index contributed by atoms with van der Waals surface area (Å²) in [5.74, 6) is 2.03. The number of benzene rings is 2. The molecular weight excluding hydrogens is 336 g/mol. The third-order valence-corrected chi connectivity index (χ3v) is 5.69. The molecule has 0 aromatic heterocycles. The zero-order valence-corrected chi connectivity index (χ0v) is 17.0. The molecule has 4 nitrogen and oxygen atoms in total. The van der Waals surface area contributed by atoms with E-state index in [2.05, 4.69) is 32.8 Å². The topological polar surface area (TPSA) is 32.8 Å². The van der Waals surface area contributed by atoms with Gasteiger partial charge < -0.3 is 14.5 Å². The van der Waals surface area contributed by atoms with Crippen LogP contribution >= 0.6 is 0 Å². The first-order valence-electron chi connectivity index (χ1n) is 9.61. The Morgan fingerprint density at radius 2 is 1.74 bits per heavy atom. The van der Waals surface area contributed by atoms with E-state index in [1.807, 2.05) is 53.4 Å². The molecule has 144 valence electrons. The zero-order chi connectivity index (χ0) is 19.6. The lowest BCUT2D eigenvalue weighted by atomic mass is 9.91. The molecule has 0 bridgehead atoms. The van der Waals surface area contributed by atoms with E-state index in [4.69, 9.17) is 4.74 Å². The summed E-state index contributed by atoms with van der Waals surface area (Å²) in [5, 5.41) is 0. The highest BCUT2D eigenvalue weighted by Crippen LogP contribution is 2.31. The number of hydrogen-bond acceptors (Lipinski definition) is 3. The van der Waals surface area contributed by atoms with Crippen LogP contribution in [0.25, 0.3) is 11.1 Å². The van der Waals surface area contributed by atoms with Gasteiger partial charge in [0.15, 0.2) is 0 Å². The number of likely N-dealkylation sites (tertiary alicyclic amines) is 1. The molecular formula is C23H30N2O2. The highest BCUT2D eigenvalue weighted by atomic mass is 16.5. The Bertz CT molecular complexity index is 767. The van der Waals surface area contributed by atoms with Crippen LogP contribution in [-0.4, -0.2) is 56.0 Å². The molecule has 1 heterocycles. The van der Waals surface area contributed by atoms with Crippen LogP contribution in [0.15, 0.2) is 48.5 Å². The molecule has 0 aliphatic carbocycles. The van der Waals surface area contributed by atoms with E-state index in [1.165, 1.54) is 0 Å². The van der Waals surface area contributed by atoms with Gasteiger partial charge in [-0.2, -0.15) is 0 Å². The minimum atomic E-state index is 0.122. The summed E-state index contributed by atoms with van der Waals surface area (Å²) in [7, 11) is 5.89. The Hall–Kier alpha value is -2.33. The van der Waals surface area contributed by atoms with Crippen molar-refractivity contribution in [3.8, 4) is 16.9 Å². The highest BCUT2D eigenvalue weighted by Gasteiger charge is 2.38. The molecule has 1 fully saturated rings. The average Bonchev–Trinajstić information content (AvgIpc) is 3.13. The van der Waals surface area contributed by atoms with Gasteiger partial charge in [0, 0.05) is 30.3 Å². The lowest BCUT2D eigenvalue weighted by molar-refractivity contribution is 0.0780. The Morgan fingerprint density at radius 1 is 1.07 bits per heavy atom. The lowest BCUT2D eigenvalue weighted by Crippen LogP contribution is -2.37. The van der Waals surface area contributed by atoms with E-state index in [-0.39, 0.29) is 5.91 Å². The fourth-order valence-corrected chi connectivity index (χ4v) is 4.04. The fraction of sp³-hybridized carbons (Fsp3) is 0.435. The summed E-state index contributed by atoms with van der Waals surface area (Å²) < 4.78 is 5.45. The minimum Gasteiger partial charge on any atom is -0.496 e. The summed E-state index contributed by atoms with van der Waals surface area (Å²) in [6, 6.07) is 16.2. The number of hydrogen-bond donors (Lipinski definition) is 0. The number of amides is 1. The maximum Gasteiger partial charge on any atom is 0.253 e. The van der Waals surface area contributed by atoms with Gasteiger partial charge in [-0.3, -0.25) is 4.79 Å². The highest BCUT2D eigenvalue weighted by molar-refractivity contribution is 5.95. The predicted molar refractivity (Wildman–Crippen MR) is 110 cm³/mol. The zero-order valence-electron chi connectivity index (χ0n) is 17.0. The molecule has 0 saturated carbocycles. The van der Waals surface area contributed by atoms with Gasteiger partial charge in [0.25, 0.3) is 5.91 Å². The summed E-state index contributed by atoms with van der Waals surface area (Å²) in [4.78, 5) is 17.3. The molecule has 2 aromatic carbocycles. The molecule has 2 unspecified atom stereocenters. The van der Waals surface area contributed by atoms with Crippen LogP contribution in [0.5, 0.6) is 5.75 Å². The number of carbonyl (C=O) groups is 1. The number of rotatable bonds is 5. The number of ether oxygens (including phenoxy) is 1. The molecule has 1 saturated heterocycles. The van der Waals surface area contributed by atoms with E-state index >= 15 is 0 Å². The van der Waals surface area contributed by atoms with Crippen molar-refractivity contribution in [2.45, 2.75) is 19.9 Å². The second-order valence-electron chi connectivity index (χ2n) is 7.93. The second-order valence-corrected chi connectivity index (χ2v) is 7.93. The maximum absolute atomic E-state index is 13.0. The third kappa shape index (κ3) is 4.01. The number of likely N-dealkylation sites (N-methyl/N-ethyl adjacent to an activating group) is 1. The van der Waals surface area contributed by atoms with Crippen molar-refractivity contribution >= 4 is 5.91 Å². The summed E-state index contributed by atoms with van der Waals surface area (Å²) in [6.45, 7) is 6.12. The number of para-hydroxylation sites is 1. The van der Waals surface area contributed by atoms with Gasteiger partial charge in [-0.05, 0) is 49.7 Å². The summed E-state index contributed by atoms with van der Waals surface area (Å²) >= 11 is 0. The third-order valence-electron chi connectivity index (χ3n) is 5.69. The monoisotopic (exact) mass is 366 g/mol. The van der Waals surface area contributed by atoms with Gasteiger partial charge in [0.05, 0.1) is 7.11 Å². The molecule has 3 rings (SSSR count). The molecule has 0 spiro atoms. The average molecular weight is 367 g/mol. The maximum atomic E-state index is 13.0. The van der Waals surface area contributed by atoms with Gasteiger partial charge in [0.2, 0.25) is 0 Å². The first-order chi connectivity index (χ1) is 12.9. The van der Waals surface area contributed by atoms with Crippen molar-refractivity contribution in [2.24, 2.45) is 11.8 Å². The van der Waals surface area contributed by atoms with Crippen molar-refractivity contribution in [3.05, 3.63) is 54.1 Å². The fourth-order valence-electron chi connectivity index (χ4n) is 4.04. The SMILES string of the molecule is COc1ccccc1-c1ccc(C(=O)N2CC(C(C)C)C(N(C)C)C2)cc1. The van der Waals surface area contributed by atoms with Crippen LogP contribution in [0.1, 0.15) is 24.2 Å². The molecule has 0 radical (unpaired) electrons. The Morgan fingerprint density at radius 3 is 2.30 bits per heavy atom. The van der Waals surface area contributed by atoms with Crippen molar-refractivity contribution in [3.63, 3.8) is 0 Å². The smallest absolute Gasteiger partial charge is 0.253 e. The summed E-state index contributed by atoms with van der Waals surface area (Å²) in [6.07, 6.45) is 0. The van der Waals surface area contributed by atoms with E-state index in [9.17, 15) is 4.79 Å². The molecule has 27 heavy (non-hydrogen) atoms. The quantitative estimate of drug-likeness (QED) is 0.801. The van der Waals surface area contributed by atoms with Crippen molar-refractivity contribution < 1.29 is 9.53 Å². The van der Waals surface area contributed by atoms with Gasteiger partial charge in [0.1, 0.15) is 5.75 Å². The van der Waals surface area contributed by atoms with E-state index in [1.54, 1.807) is 7.11 Å². The van der Waals surface area contributed by atoms with Gasteiger partial charge >= 0.3 is 0 Å². The van der Waals surface area contributed by atoms with Crippen molar-refractivity contribution in [1.29, 1.82) is 0 Å². The first kappa shape index (κ1) is 19.4. The van der Waals surface area contributed by atoms with Crippen LogP contribution in [0.4, 0.5) is 0 Å². The molecule has 2 aromatic rings. The van der Waals surface area contributed by atoms with Crippen LogP contribution in [0.2, 0.25) is 0 Å². The first-order valence-corrected chi connectivity index (χ1v) is 9.61. The number of nitrogens with zero attached hydrogens (tertiary/aromatic N) is 2. The van der Waals surface area contributed by atoms with Gasteiger partial charge in [-0.1, -0.05) is 44.2 Å². The molecule has 4 heteroatoms. The molecule has 1 aliphatic rings. The Labute approximate surface area is 162 Å². The predicted octanol–water partition coefficient (Wildman–Crippen LogP) is 4.02. The normalized spacial score (nSPS) is 19.7.